The smallest absolute Gasteiger partial charge is 0.239 e. The van der Waals surface area contributed by atoms with Crippen LogP contribution in [0.2, 0.25) is 0 Å². The van der Waals surface area contributed by atoms with Gasteiger partial charge >= 0.3 is 0 Å². The molecule has 1 saturated heterocycles. The number of amides is 2. The van der Waals surface area contributed by atoms with Crippen LogP contribution < -0.4 is 11.1 Å². The molecule has 0 saturated carbocycles. The zero-order chi connectivity index (χ0) is 14.5. The summed E-state index contributed by atoms with van der Waals surface area (Å²) in [5.74, 6) is -0.271. The average Bonchev–Trinajstić information content (AvgIpc) is 2.47. The second kappa shape index (κ2) is 8.00. The first kappa shape index (κ1) is 17.5. The third kappa shape index (κ3) is 4.72. The maximum absolute atomic E-state index is 12.2. The second-order valence-corrected chi connectivity index (χ2v) is 5.27. The van der Waals surface area contributed by atoms with E-state index >= 15 is 0 Å². The van der Waals surface area contributed by atoms with Crippen LogP contribution in [0.25, 0.3) is 0 Å². The number of anilines is 1. The fourth-order valence-corrected chi connectivity index (χ4v) is 2.45. The van der Waals surface area contributed by atoms with Gasteiger partial charge in [-0.15, -0.1) is 12.4 Å². The van der Waals surface area contributed by atoms with Gasteiger partial charge in [-0.1, -0.05) is 18.2 Å². The summed E-state index contributed by atoms with van der Waals surface area (Å²) in [5.41, 5.74) is 6.41. The number of rotatable bonds is 3. The number of hydrogen-bond acceptors (Lipinski definition) is 3. The topological polar surface area (TPSA) is 75.4 Å². The molecule has 21 heavy (non-hydrogen) atoms. The Bertz CT molecular complexity index is 479. The lowest BCUT2D eigenvalue weighted by atomic mass is 9.96. The SMILES string of the molecule is C[C@@H](N)C(=O)N1CCCC(C(=O)Nc2ccccc2)C1.Cl. The van der Waals surface area contributed by atoms with Gasteiger partial charge < -0.3 is 16.0 Å². The van der Waals surface area contributed by atoms with E-state index in [0.29, 0.717) is 13.1 Å². The summed E-state index contributed by atoms with van der Waals surface area (Å²) in [6.07, 6.45) is 1.65. The Hall–Kier alpha value is -1.59. The van der Waals surface area contributed by atoms with Crippen molar-refractivity contribution in [3.63, 3.8) is 0 Å². The monoisotopic (exact) mass is 311 g/mol. The predicted molar refractivity (Wildman–Crippen MR) is 85.3 cm³/mol. The number of para-hydroxylation sites is 1. The van der Waals surface area contributed by atoms with E-state index in [2.05, 4.69) is 5.32 Å². The number of carbonyl (C=O) groups excluding carboxylic acids is 2. The molecule has 0 spiro atoms. The van der Waals surface area contributed by atoms with Gasteiger partial charge in [-0.05, 0) is 31.9 Å². The van der Waals surface area contributed by atoms with Gasteiger partial charge in [-0.25, -0.2) is 0 Å². The van der Waals surface area contributed by atoms with Crippen molar-refractivity contribution < 1.29 is 9.59 Å². The largest absolute Gasteiger partial charge is 0.341 e. The van der Waals surface area contributed by atoms with Crippen molar-refractivity contribution in [3.8, 4) is 0 Å². The lowest BCUT2D eigenvalue weighted by Gasteiger charge is -2.33. The molecule has 3 N–H and O–H groups in total. The molecule has 1 unspecified atom stereocenters. The summed E-state index contributed by atoms with van der Waals surface area (Å²) >= 11 is 0. The van der Waals surface area contributed by atoms with E-state index in [0.717, 1.165) is 18.5 Å². The predicted octanol–water partition coefficient (Wildman–Crippen LogP) is 1.63. The minimum Gasteiger partial charge on any atom is -0.341 e. The van der Waals surface area contributed by atoms with Gasteiger partial charge in [0.05, 0.1) is 12.0 Å². The Labute approximate surface area is 131 Å². The molecule has 0 bridgehead atoms. The number of piperidine rings is 1. The first-order chi connectivity index (χ1) is 9.58. The molecule has 0 aliphatic carbocycles. The van der Waals surface area contributed by atoms with Crippen molar-refractivity contribution in [1.29, 1.82) is 0 Å². The molecule has 1 heterocycles. The maximum Gasteiger partial charge on any atom is 0.239 e. The standard InChI is InChI=1S/C15H21N3O2.ClH/c1-11(16)15(20)18-9-5-6-12(10-18)14(19)17-13-7-3-2-4-8-13;/h2-4,7-8,11-12H,5-6,9-10,16H2,1H3,(H,17,19);1H/t11-,12?;/m1./s1. The van der Waals surface area contributed by atoms with E-state index in [4.69, 9.17) is 5.73 Å². The van der Waals surface area contributed by atoms with Crippen LogP contribution in [-0.4, -0.2) is 35.8 Å². The summed E-state index contributed by atoms with van der Waals surface area (Å²) in [5, 5.41) is 2.89. The van der Waals surface area contributed by atoms with Gasteiger partial charge in [0.15, 0.2) is 0 Å². The quantitative estimate of drug-likeness (QED) is 0.891. The molecule has 1 aromatic rings. The number of nitrogens with two attached hydrogens (primary N) is 1. The van der Waals surface area contributed by atoms with Gasteiger partial charge in [0.2, 0.25) is 11.8 Å². The number of likely N-dealkylation sites (tertiary alicyclic amines) is 1. The van der Waals surface area contributed by atoms with Gasteiger partial charge in [-0.3, -0.25) is 9.59 Å². The normalized spacial score (nSPS) is 19.3. The molecule has 2 atom stereocenters. The fourth-order valence-electron chi connectivity index (χ4n) is 2.45. The number of halogens is 1. The lowest BCUT2D eigenvalue weighted by Crippen LogP contribution is -2.48. The van der Waals surface area contributed by atoms with Crippen LogP contribution in [0.4, 0.5) is 5.69 Å². The molecule has 0 aromatic heterocycles. The van der Waals surface area contributed by atoms with E-state index in [9.17, 15) is 9.59 Å². The first-order valence-electron chi connectivity index (χ1n) is 6.98. The Morgan fingerprint density at radius 1 is 1.33 bits per heavy atom. The summed E-state index contributed by atoms with van der Waals surface area (Å²) in [4.78, 5) is 25.8. The Balaban J connectivity index is 0.00000220. The lowest BCUT2D eigenvalue weighted by molar-refractivity contribution is -0.135. The van der Waals surface area contributed by atoms with E-state index in [-0.39, 0.29) is 30.1 Å². The van der Waals surface area contributed by atoms with Crippen molar-refractivity contribution in [2.24, 2.45) is 11.7 Å². The van der Waals surface area contributed by atoms with Crippen molar-refractivity contribution >= 4 is 29.9 Å². The maximum atomic E-state index is 12.2. The minimum absolute atomic E-state index is 0. The van der Waals surface area contributed by atoms with Crippen LogP contribution in [0.3, 0.4) is 0 Å². The van der Waals surface area contributed by atoms with E-state index in [1.807, 2.05) is 30.3 Å². The summed E-state index contributed by atoms with van der Waals surface area (Å²) in [7, 11) is 0. The average molecular weight is 312 g/mol. The molecule has 1 aromatic carbocycles. The zero-order valence-corrected chi connectivity index (χ0v) is 12.9. The third-order valence-electron chi connectivity index (χ3n) is 3.53. The van der Waals surface area contributed by atoms with Gasteiger partial charge in [-0.2, -0.15) is 0 Å². The molecule has 5 nitrogen and oxygen atoms in total. The van der Waals surface area contributed by atoms with E-state index in [1.54, 1.807) is 11.8 Å². The van der Waals surface area contributed by atoms with Gasteiger partial charge in [0, 0.05) is 18.8 Å². The molecular weight excluding hydrogens is 290 g/mol. The number of carbonyl (C=O) groups is 2. The van der Waals surface area contributed by atoms with Gasteiger partial charge in [0.1, 0.15) is 0 Å². The number of benzene rings is 1. The molecule has 0 radical (unpaired) electrons. The third-order valence-corrected chi connectivity index (χ3v) is 3.53. The minimum atomic E-state index is -0.508. The van der Waals surface area contributed by atoms with E-state index in [1.165, 1.54) is 0 Å². The first-order valence-corrected chi connectivity index (χ1v) is 6.98. The van der Waals surface area contributed by atoms with Crippen LogP contribution in [0.1, 0.15) is 19.8 Å². The highest BCUT2D eigenvalue weighted by molar-refractivity contribution is 5.93. The Morgan fingerprint density at radius 3 is 2.62 bits per heavy atom. The number of nitrogens with zero attached hydrogens (tertiary/aromatic N) is 1. The zero-order valence-electron chi connectivity index (χ0n) is 12.1. The number of nitrogens with one attached hydrogen (secondary N) is 1. The second-order valence-electron chi connectivity index (χ2n) is 5.27. The fraction of sp³-hybridized carbons (Fsp3) is 0.467. The van der Waals surface area contributed by atoms with Crippen molar-refractivity contribution in [2.75, 3.05) is 18.4 Å². The molecular formula is C15H22ClN3O2. The molecule has 116 valence electrons. The summed E-state index contributed by atoms with van der Waals surface area (Å²) in [6.45, 7) is 2.82. The molecule has 1 aliphatic heterocycles. The molecule has 1 fully saturated rings. The summed E-state index contributed by atoms with van der Waals surface area (Å²) in [6, 6.07) is 8.85. The highest BCUT2D eigenvalue weighted by Gasteiger charge is 2.29. The highest BCUT2D eigenvalue weighted by atomic mass is 35.5. The molecule has 2 rings (SSSR count). The summed E-state index contributed by atoms with van der Waals surface area (Å²) < 4.78 is 0. The van der Waals surface area contributed by atoms with Crippen molar-refractivity contribution in [1.82, 2.24) is 4.90 Å². The molecule has 6 heteroatoms. The highest BCUT2D eigenvalue weighted by Crippen LogP contribution is 2.19. The molecule has 2 amide bonds. The van der Waals surface area contributed by atoms with Crippen molar-refractivity contribution in [3.05, 3.63) is 30.3 Å². The Kier molecular flexibility index (Phi) is 6.65. The van der Waals surface area contributed by atoms with Crippen LogP contribution in [0.5, 0.6) is 0 Å². The van der Waals surface area contributed by atoms with Crippen LogP contribution >= 0.6 is 12.4 Å². The van der Waals surface area contributed by atoms with Gasteiger partial charge in [0.25, 0.3) is 0 Å². The van der Waals surface area contributed by atoms with Crippen LogP contribution in [0, 0.1) is 5.92 Å². The van der Waals surface area contributed by atoms with Crippen molar-refractivity contribution in [2.45, 2.75) is 25.8 Å². The van der Waals surface area contributed by atoms with E-state index < -0.39 is 6.04 Å². The van der Waals surface area contributed by atoms with Crippen LogP contribution in [-0.2, 0) is 9.59 Å². The number of hydrogen-bond donors (Lipinski definition) is 2. The Morgan fingerprint density at radius 2 is 2.00 bits per heavy atom. The van der Waals surface area contributed by atoms with Crippen LogP contribution in [0.15, 0.2) is 30.3 Å². The molecule has 1 aliphatic rings.